The van der Waals surface area contributed by atoms with Crippen LogP contribution in [0.1, 0.15) is 0 Å². The zero-order valence-corrected chi connectivity index (χ0v) is 7.24. The number of carbonyl (C=O) groups excluding carboxylic acids is 1. The number of rotatable bonds is 2. The summed E-state index contributed by atoms with van der Waals surface area (Å²) < 4.78 is 9.15. The number of anilines is 1. The van der Waals surface area contributed by atoms with Gasteiger partial charge in [0.15, 0.2) is 0 Å². The number of benzene rings is 1. The Balaban J connectivity index is 2.71. The van der Waals surface area contributed by atoms with Gasteiger partial charge in [0.25, 0.3) is 0 Å². The van der Waals surface area contributed by atoms with Crippen LogP contribution in [0.25, 0.3) is 0 Å². The minimum absolute atomic E-state index is 0.603. The van der Waals surface area contributed by atoms with E-state index >= 15 is 0 Å². The van der Waals surface area contributed by atoms with Crippen molar-refractivity contribution in [2.45, 2.75) is 0 Å². The van der Waals surface area contributed by atoms with Crippen molar-refractivity contribution < 1.29 is 14.3 Å². The van der Waals surface area contributed by atoms with Crippen molar-refractivity contribution in [2.75, 3.05) is 12.4 Å². The number of amides is 1. The molecule has 1 radical (unpaired) electrons. The van der Waals surface area contributed by atoms with E-state index in [0.717, 1.165) is 0 Å². The number of hydrogen-bond acceptors (Lipinski definition) is 3. The average molecular weight is 180 g/mol. The van der Waals surface area contributed by atoms with Gasteiger partial charge in [-0.15, -0.1) is 0 Å². The molecule has 1 aromatic carbocycles. The molecule has 0 bridgehead atoms. The molecule has 0 aliphatic heterocycles. The normalized spacial score (nSPS) is 9.08. The third-order valence-electron chi connectivity index (χ3n) is 1.45. The first-order chi connectivity index (χ1) is 6.26. The van der Waals surface area contributed by atoms with E-state index in [2.05, 4.69) is 17.2 Å². The maximum absolute atomic E-state index is 10.7. The maximum Gasteiger partial charge on any atom is 0.411 e. The van der Waals surface area contributed by atoms with Gasteiger partial charge in [-0.3, -0.25) is 5.32 Å². The highest BCUT2D eigenvalue weighted by atomic mass is 16.5. The van der Waals surface area contributed by atoms with E-state index in [1.165, 1.54) is 0 Å². The Labute approximate surface area is 76.5 Å². The molecule has 0 saturated carbocycles. The van der Waals surface area contributed by atoms with E-state index in [0.29, 0.717) is 11.4 Å². The average Bonchev–Trinajstić information content (AvgIpc) is 2.18. The Morgan fingerprint density at radius 1 is 1.54 bits per heavy atom. The molecule has 0 heterocycles. The van der Waals surface area contributed by atoms with Gasteiger partial charge in [0.2, 0.25) is 0 Å². The summed E-state index contributed by atoms with van der Waals surface area (Å²) in [6.45, 7) is 0. The van der Waals surface area contributed by atoms with Gasteiger partial charge in [-0.25, -0.2) is 4.79 Å². The van der Waals surface area contributed by atoms with Crippen molar-refractivity contribution in [1.82, 2.24) is 0 Å². The first kappa shape index (κ1) is 9.38. The number of ether oxygens (including phenoxy) is 2. The molecule has 0 unspecified atom stereocenters. The predicted molar refractivity (Wildman–Crippen MR) is 48.5 cm³/mol. The lowest BCUT2D eigenvalue weighted by Gasteiger charge is -2.04. The molecule has 13 heavy (non-hydrogen) atoms. The summed E-state index contributed by atoms with van der Waals surface area (Å²) >= 11 is 0. The van der Waals surface area contributed by atoms with E-state index in [1.54, 1.807) is 31.4 Å². The first-order valence-corrected chi connectivity index (χ1v) is 3.63. The lowest BCUT2D eigenvalue weighted by Crippen LogP contribution is -2.09. The molecule has 0 aliphatic carbocycles. The summed E-state index contributed by atoms with van der Waals surface area (Å²) in [6, 6.07) is 6.94. The molecule has 1 N–H and O–H groups in total. The van der Waals surface area contributed by atoms with Gasteiger partial charge in [-0.05, 0) is 12.1 Å². The number of hydrogen-bond donors (Lipinski definition) is 1. The van der Waals surface area contributed by atoms with Crippen LogP contribution in [0.15, 0.2) is 24.3 Å². The molecule has 0 aliphatic rings. The zero-order valence-electron chi connectivity index (χ0n) is 7.24. The van der Waals surface area contributed by atoms with Crippen LogP contribution in [0, 0.1) is 7.11 Å². The highest BCUT2D eigenvalue weighted by molar-refractivity contribution is 5.84. The smallest absolute Gasteiger partial charge is 0.411 e. The van der Waals surface area contributed by atoms with Gasteiger partial charge in [-0.1, -0.05) is 6.07 Å². The Hall–Kier alpha value is -1.71. The van der Waals surface area contributed by atoms with Gasteiger partial charge in [-0.2, -0.15) is 0 Å². The Bertz CT molecular complexity index is 299. The second kappa shape index (κ2) is 4.35. The molecule has 0 aromatic heterocycles. The van der Waals surface area contributed by atoms with Gasteiger partial charge in [0.05, 0.1) is 7.11 Å². The summed E-state index contributed by atoms with van der Waals surface area (Å²) in [6.07, 6.45) is -0.603. The molecule has 0 spiro atoms. The second-order valence-corrected chi connectivity index (χ2v) is 2.29. The standard InChI is InChI=1S/C9H10NO3/c1-12-8-5-3-4-7(6-8)10-9(11)13-2/h3-6H,2H2,1H3,(H,10,11). The van der Waals surface area contributed by atoms with Crippen LogP contribution in [-0.2, 0) is 4.74 Å². The minimum Gasteiger partial charge on any atom is -0.497 e. The summed E-state index contributed by atoms with van der Waals surface area (Å²) in [7, 11) is 4.54. The molecular formula is C9H10NO3. The highest BCUT2D eigenvalue weighted by Gasteiger charge is 2.00. The van der Waals surface area contributed by atoms with Crippen molar-refractivity contribution in [1.29, 1.82) is 0 Å². The fraction of sp³-hybridized carbons (Fsp3) is 0.111. The molecule has 1 amide bonds. The van der Waals surface area contributed by atoms with Gasteiger partial charge < -0.3 is 9.47 Å². The molecule has 0 fully saturated rings. The van der Waals surface area contributed by atoms with Gasteiger partial charge in [0, 0.05) is 11.8 Å². The molecule has 69 valence electrons. The zero-order chi connectivity index (χ0) is 9.68. The molecule has 0 atom stereocenters. The monoisotopic (exact) mass is 180 g/mol. The van der Waals surface area contributed by atoms with Crippen LogP contribution >= 0.6 is 0 Å². The molecule has 1 rings (SSSR count). The van der Waals surface area contributed by atoms with Crippen molar-refractivity contribution in [3.8, 4) is 5.75 Å². The molecule has 4 heteroatoms. The van der Waals surface area contributed by atoms with Crippen LogP contribution in [0.4, 0.5) is 10.5 Å². The van der Waals surface area contributed by atoms with Crippen molar-refractivity contribution in [3.05, 3.63) is 31.4 Å². The summed E-state index contributed by atoms with van der Waals surface area (Å²) in [4.78, 5) is 10.7. The van der Waals surface area contributed by atoms with Crippen LogP contribution in [0.5, 0.6) is 5.75 Å². The lowest BCUT2D eigenvalue weighted by atomic mass is 10.3. The van der Waals surface area contributed by atoms with Gasteiger partial charge >= 0.3 is 6.09 Å². The van der Waals surface area contributed by atoms with E-state index < -0.39 is 6.09 Å². The number of carbonyl (C=O) groups is 1. The van der Waals surface area contributed by atoms with Crippen LogP contribution in [-0.4, -0.2) is 13.2 Å². The van der Waals surface area contributed by atoms with Crippen molar-refractivity contribution in [3.63, 3.8) is 0 Å². The Kier molecular flexibility index (Phi) is 3.14. The van der Waals surface area contributed by atoms with E-state index in [1.807, 2.05) is 0 Å². The third-order valence-corrected chi connectivity index (χ3v) is 1.45. The molecule has 4 nitrogen and oxygen atoms in total. The fourth-order valence-electron chi connectivity index (χ4n) is 0.855. The van der Waals surface area contributed by atoms with Gasteiger partial charge in [0.1, 0.15) is 12.9 Å². The molecule has 1 aromatic rings. The van der Waals surface area contributed by atoms with E-state index in [-0.39, 0.29) is 0 Å². The topological polar surface area (TPSA) is 47.6 Å². The number of methoxy groups -OCH3 is 1. The van der Waals surface area contributed by atoms with Crippen molar-refractivity contribution >= 4 is 11.8 Å². The van der Waals surface area contributed by atoms with Crippen LogP contribution in [0.2, 0.25) is 0 Å². The van der Waals surface area contributed by atoms with E-state index in [9.17, 15) is 4.79 Å². The largest absolute Gasteiger partial charge is 0.497 e. The third kappa shape index (κ3) is 2.66. The quantitative estimate of drug-likeness (QED) is 0.757. The first-order valence-electron chi connectivity index (χ1n) is 3.63. The highest BCUT2D eigenvalue weighted by Crippen LogP contribution is 2.16. The lowest BCUT2D eigenvalue weighted by molar-refractivity contribution is 0.199. The summed E-state index contributed by atoms with van der Waals surface area (Å²) in [5.41, 5.74) is 0.605. The van der Waals surface area contributed by atoms with E-state index in [4.69, 9.17) is 4.74 Å². The summed E-state index contributed by atoms with van der Waals surface area (Å²) in [5, 5.41) is 2.46. The Morgan fingerprint density at radius 3 is 2.92 bits per heavy atom. The Morgan fingerprint density at radius 2 is 2.31 bits per heavy atom. The number of nitrogens with one attached hydrogen (secondary N) is 1. The second-order valence-electron chi connectivity index (χ2n) is 2.29. The van der Waals surface area contributed by atoms with Crippen LogP contribution < -0.4 is 10.1 Å². The summed E-state index contributed by atoms with van der Waals surface area (Å²) in [5.74, 6) is 0.668. The van der Waals surface area contributed by atoms with Crippen molar-refractivity contribution in [2.24, 2.45) is 0 Å². The van der Waals surface area contributed by atoms with Crippen LogP contribution in [0.3, 0.4) is 0 Å². The molecule has 0 saturated heterocycles. The SMILES string of the molecule is [CH2]OC(=O)Nc1cccc(OC)c1. The predicted octanol–water partition coefficient (Wildman–Crippen LogP) is 2.04. The molecular weight excluding hydrogens is 170 g/mol. The maximum atomic E-state index is 10.7. The fourth-order valence-corrected chi connectivity index (χ4v) is 0.855. The minimum atomic E-state index is -0.603.